The fourth-order valence-electron chi connectivity index (χ4n) is 1.86. The lowest BCUT2D eigenvalue weighted by molar-refractivity contribution is -0.115. The molecule has 21 heavy (non-hydrogen) atoms. The van der Waals surface area contributed by atoms with Crippen molar-refractivity contribution in [1.82, 2.24) is 5.32 Å². The van der Waals surface area contributed by atoms with Crippen LogP contribution in [0.15, 0.2) is 48.5 Å². The zero-order chi connectivity index (χ0) is 15.1. The number of nitrogens with one attached hydrogen (secondary N) is 2. The van der Waals surface area contributed by atoms with Crippen molar-refractivity contribution in [2.75, 3.05) is 11.9 Å². The van der Waals surface area contributed by atoms with Gasteiger partial charge in [-0.2, -0.15) is 5.26 Å². The summed E-state index contributed by atoms with van der Waals surface area (Å²) < 4.78 is 0. The van der Waals surface area contributed by atoms with Gasteiger partial charge >= 0.3 is 0 Å². The van der Waals surface area contributed by atoms with Gasteiger partial charge in [0.25, 0.3) is 0 Å². The normalized spacial score (nSPS) is 9.90. The summed E-state index contributed by atoms with van der Waals surface area (Å²) in [7, 11) is 0. The molecule has 0 atom stereocenters. The van der Waals surface area contributed by atoms with Crippen molar-refractivity contribution in [2.45, 2.75) is 13.5 Å². The molecule has 0 aromatic heterocycles. The van der Waals surface area contributed by atoms with Crippen molar-refractivity contribution in [2.24, 2.45) is 0 Å². The van der Waals surface area contributed by atoms with Gasteiger partial charge in [-0.1, -0.05) is 29.8 Å². The highest BCUT2D eigenvalue weighted by Gasteiger charge is 2.02. The van der Waals surface area contributed by atoms with Crippen molar-refractivity contribution in [3.05, 3.63) is 65.2 Å². The maximum atomic E-state index is 11.8. The Kier molecular flexibility index (Phi) is 5.08. The van der Waals surface area contributed by atoms with Crippen molar-refractivity contribution in [3.63, 3.8) is 0 Å². The molecule has 2 N–H and O–H groups in total. The Labute approximate surface area is 124 Å². The van der Waals surface area contributed by atoms with Crippen LogP contribution in [-0.4, -0.2) is 12.5 Å². The minimum Gasteiger partial charge on any atom is -0.325 e. The summed E-state index contributed by atoms with van der Waals surface area (Å²) in [6.07, 6.45) is 0. The van der Waals surface area contributed by atoms with E-state index in [0.29, 0.717) is 12.1 Å². The standard InChI is InChI=1S/C17H17N3O/c1-13-2-8-16(9-3-13)20-17(21)12-19-11-15-6-4-14(10-18)5-7-15/h2-9,19H,11-12H2,1H3,(H,20,21). The van der Waals surface area contributed by atoms with Crippen LogP contribution in [0.25, 0.3) is 0 Å². The first-order chi connectivity index (χ1) is 10.2. The highest BCUT2D eigenvalue weighted by molar-refractivity contribution is 5.92. The largest absolute Gasteiger partial charge is 0.325 e. The van der Waals surface area contributed by atoms with E-state index in [1.54, 1.807) is 12.1 Å². The van der Waals surface area contributed by atoms with E-state index >= 15 is 0 Å². The Balaban J connectivity index is 1.76. The van der Waals surface area contributed by atoms with Crippen LogP contribution in [0, 0.1) is 18.3 Å². The Morgan fingerprint density at radius 1 is 1.10 bits per heavy atom. The predicted molar refractivity (Wildman–Crippen MR) is 82.7 cm³/mol. The summed E-state index contributed by atoms with van der Waals surface area (Å²) in [5, 5.41) is 14.6. The summed E-state index contributed by atoms with van der Waals surface area (Å²) in [6, 6.07) is 17.0. The fourth-order valence-corrected chi connectivity index (χ4v) is 1.86. The maximum Gasteiger partial charge on any atom is 0.238 e. The van der Waals surface area contributed by atoms with Gasteiger partial charge in [0.15, 0.2) is 0 Å². The number of benzene rings is 2. The number of aryl methyl sites for hydroxylation is 1. The fraction of sp³-hybridized carbons (Fsp3) is 0.176. The van der Waals surface area contributed by atoms with Crippen molar-refractivity contribution in [1.29, 1.82) is 5.26 Å². The first-order valence-electron chi connectivity index (χ1n) is 6.73. The van der Waals surface area contributed by atoms with Crippen molar-refractivity contribution in [3.8, 4) is 6.07 Å². The lowest BCUT2D eigenvalue weighted by Crippen LogP contribution is -2.27. The molecule has 4 heteroatoms. The first kappa shape index (κ1) is 14.8. The molecule has 0 heterocycles. The van der Waals surface area contributed by atoms with Crippen molar-refractivity contribution < 1.29 is 4.79 Å². The lowest BCUT2D eigenvalue weighted by atomic mass is 10.1. The van der Waals surface area contributed by atoms with E-state index in [1.807, 2.05) is 43.3 Å². The number of amides is 1. The highest BCUT2D eigenvalue weighted by Crippen LogP contribution is 2.08. The molecule has 0 aliphatic rings. The second-order valence-corrected chi connectivity index (χ2v) is 4.83. The van der Waals surface area contributed by atoms with E-state index in [1.165, 1.54) is 0 Å². The molecule has 0 aliphatic carbocycles. The SMILES string of the molecule is Cc1ccc(NC(=O)CNCc2ccc(C#N)cc2)cc1. The zero-order valence-corrected chi connectivity index (χ0v) is 11.9. The molecule has 2 aromatic carbocycles. The number of anilines is 1. The lowest BCUT2D eigenvalue weighted by Gasteiger charge is -2.07. The third-order valence-corrected chi connectivity index (χ3v) is 3.03. The molecule has 0 saturated heterocycles. The molecule has 1 amide bonds. The summed E-state index contributed by atoms with van der Waals surface area (Å²) in [5.74, 6) is -0.0764. The minimum absolute atomic E-state index is 0.0764. The number of hydrogen-bond donors (Lipinski definition) is 2. The topological polar surface area (TPSA) is 64.9 Å². The van der Waals surface area contributed by atoms with Gasteiger partial charge < -0.3 is 10.6 Å². The van der Waals surface area contributed by atoms with E-state index in [9.17, 15) is 4.79 Å². The van der Waals surface area contributed by atoms with Crippen LogP contribution in [0.1, 0.15) is 16.7 Å². The minimum atomic E-state index is -0.0764. The molecule has 4 nitrogen and oxygen atoms in total. The van der Waals surface area contributed by atoms with Crippen LogP contribution in [-0.2, 0) is 11.3 Å². The smallest absolute Gasteiger partial charge is 0.238 e. The van der Waals surface area contributed by atoms with E-state index in [0.717, 1.165) is 16.8 Å². The maximum absolute atomic E-state index is 11.8. The zero-order valence-electron chi connectivity index (χ0n) is 11.9. The average molecular weight is 279 g/mol. The molecular weight excluding hydrogens is 262 g/mol. The summed E-state index contributed by atoms with van der Waals surface area (Å²) in [6.45, 7) is 2.84. The van der Waals surface area contributed by atoms with E-state index in [-0.39, 0.29) is 12.5 Å². The van der Waals surface area contributed by atoms with Gasteiger partial charge in [-0.3, -0.25) is 4.79 Å². The molecule has 2 aromatic rings. The molecule has 0 spiro atoms. The molecule has 0 fully saturated rings. The van der Waals surface area contributed by atoms with Gasteiger partial charge in [-0.25, -0.2) is 0 Å². The Bertz CT molecular complexity index is 639. The van der Waals surface area contributed by atoms with Crippen LogP contribution in [0.5, 0.6) is 0 Å². The predicted octanol–water partition coefficient (Wildman–Crippen LogP) is 2.60. The highest BCUT2D eigenvalue weighted by atomic mass is 16.1. The average Bonchev–Trinajstić information content (AvgIpc) is 2.50. The molecule has 106 valence electrons. The van der Waals surface area contributed by atoms with Crippen LogP contribution in [0.2, 0.25) is 0 Å². The van der Waals surface area contributed by atoms with Gasteiger partial charge in [0.05, 0.1) is 18.2 Å². The third-order valence-electron chi connectivity index (χ3n) is 3.03. The Morgan fingerprint density at radius 2 is 1.76 bits per heavy atom. The van der Waals surface area contributed by atoms with Gasteiger partial charge in [-0.15, -0.1) is 0 Å². The second kappa shape index (κ2) is 7.22. The molecular formula is C17H17N3O. The number of nitriles is 1. The number of rotatable bonds is 5. The van der Waals surface area contributed by atoms with Crippen LogP contribution < -0.4 is 10.6 Å². The van der Waals surface area contributed by atoms with Gasteiger partial charge in [0.2, 0.25) is 5.91 Å². The Hall–Kier alpha value is -2.64. The van der Waals surface area contributed by atoms with E-state index < -0.39 is 0 Å². The quantitative estimate of drug-likeness (QED) is 0.884. The first-order valence-corrected chi connectivity index (χ1v) is 6.73. The summed E-state index contributed by atoms with van der Waals surface area (Å²) in [4.78, 5) is 11.8. The number of hydrogen-bond acceptors (Lipinski definition) is 3. The summed E-state index contributed by atoms with van der Waals surface area (Å²) in [5.41, 5.74) is 3.63. The Morgan fingerprint density at radius 3 is 2.38 bits per heavy atom. The molecule has 0 radical (unpaired) electrons. The molecule has 2 rings (SSSR count). The third kappa shape index (κ3) is 4.75. The van der Waals surface area contributed by atoms with Gasteiger partial charge in [-0.05, 0) is 36.8 Å². The number of nitrogens with zero attached hydrogens (tertiary/aromatic N) is 1. The monoisotopic (exact) mass is 279 g/mol. The van der Waals surface area contributed by atoms with Crippen LogP contribution in [0.3, 0.4) is 0 Å². The van der Waals surface area contributed by atoms with Gasteiger partial charge in [0, 0.05) is 12.2 Å². The van der Waals surface area contributed by atoms with Crippen LogP contribution in [0.4, 0.5) is 5.69 Å². The van der Waals surface area contributed by atoms with E-state index in [2.05, 4.69) is 16.7 Å². The van der Waals surface area contributed by atoms with Gasteiger partial charge in [0.1, 0.15) is 0 Å². The number of carbonyl (C=O) groups is 1. The second-order valence-electron chi connectivity index (χ2n) is 4.83. The van der Waals surface area contributed by atoms with Crippen molar-refractivity contribution >= 4 is 11.6 Å². The summed E-state index contributed by atoms with van der Waals surface area (Å²) >= 11 is 0. The molecule has 0 bridgehead atoms. The molecule has 0 unspecified atom stereocenters. The van der Waals surface area contributed by atoms with E-state index in [4.69, 9.17) is 5.26 Å². The number of carbonyl (C=O) groups excluding carboxylic acids is 1. The molecule has 0 saturated carbocycles. The molecule has 0 aliphatic heterocycles. The van der Waals surface area contributed by atoms with Crippen LogP contribution >= 0.6 is 0 Å².